The summed E-state index contributed by atoms with van der Waals surface area (Å²) in [6, 6.07) is 12.7. The monoisotopic (exact) mass is 369 g/mol. The van der Waals surface area contributed by atoms with Crippen molar-refractivity contribution in [3.05, 3.63) is 87.5 Å². The molecule has 2 aliphatic rings. The summed E-state index contributed by atoms with van der Waals surface area (Å²) in [4.78, 5) is 4.41. The molecule has 1 unspecified atom stereocenters. The molecular formula is C25H27N3. The van der Waals surface area contributed by atoms with Gasteiger partial charge in [-0.25, -0.2) is 4.99 Å². The van der Waals surface area contributed by atoms with E-state index in [4.69, 9.17) is 11.1 Å². The highest BCUT2D eigenvalue weighted by Crippen LogP contribution is 2.30. The van der Waals surface area contributed by atoms with Crippen LogP contribution in [0.4, 0.5) is 0 Å². The molecule has 2 aliphatic carbocycles. The first-order valence-corrected chi connectivity index (χ1v) is 10.0. The maximum absolute atomic E-state index is 8.33. The summed E-state index contributed by atoms with van der Waals surface area (Å²) in [5, 5.41) is 8.33. The Hall–Kier alpha value is -2.78. The van der Waals surface area contributed by atoms with Crippen LogP contribution in [0.2, 0.25) is 0 Å². The molecule has 2 aromatic rings. The maximum Gasteiger partial charge on any atom is 0.151 e. The molecule has 0 bridgehead atoms. The molecule has 1 atom stereocenters. The van der Waals surface area contributed by atoms with Crippen molar-refractivity contribution in [3.8, 4) is 0 Å². The van der Waals surface area contributed by atoms with Gasteiger partial charge in [0, 0.05) is 17.8 Å². The zero-order chi connectivity index (χ0) is 19.7. The average molecular weight is 370 g/mol. The molecule has 0 spiro atoms. The Labute approximate surface area is 167 Å². The highest BCUT2D eigenvalue weighted by atomic mass is 14.8. The van der Waals surface area contributed by atoms with Crippen LogP contribution in [0.5, 0.6) is 0 Å². The largest absolute Gasteiger partial charge is 0.324 e. The number of aliphatic imine (C=N–C) groups is 1. The van der Waals surface area contributed by atoms with Crippen LogP contribution in [0.25, 0.3) is 5.57 Å². The van der Waals surface area contributed by atoms with Crippen LogP contribution in [-0.2, 0) is 6.42 Å². The minimum Gasteiger partial charge on any atom is -0.324 e. The molecule has 0 amide bonds. The molecule has 4 rings (SSSR count). The molecule has 0 aliphatic heterocycles. The van der Waals surface area contributed by atoms with Crippen LogP contribution >= 0.6 is 0 Å². The Morgan fingerprint density at radius 3 is 2.79 bits per heavy atom. The van der Waals surface area contributed by atoms with E-state index in [1.807, 2.05) is 6.07 Å². The topological polar surface area (TPSA) is 62.2 Å². The second-order valence-electron chi connectivity index (χ2n) is 7.90. The van der Waals surface area contributed by atoms with E-state index in [2.05, 4.69) is 61.3 Å². The van der Waals surface area contributed by atoms with Crippen LogP contribution in [0.15, 0.2) is 59.1 Å². The van der Waals surface area contributed by atoms with Crippen molar-refractivity contribution in [1.82, 2.24) is 0 Å². The van der Waals surface area contributed by atoms with Gasteiger partial charge in [-0.15, -0.1) is 0 Å². The molecule has 2 aromatic carbocycles. The Morgan fingerprint density at radius 1 is 1.14 bits per heavy atom. The van der Waals surface area contributed by atoms with E-state index in [-0.39, 0.29) is 6.04 Å². The predicted molar refractivity (Wildman–Crippen MR) is 118 cm³/mol. The van der Waals surface area contributed by atoms with E-state index in [9.17, 15) is 0 Å². The van der Waals surface area contributed by atoms with Gasteiger partial charge in [-0.05, 0) is 85.1 Å². The summed E-state index contributed by atoms with van der Waals surface area (Å²) in [7, 11) is 0. The number of hydrogen-bond acceptors (Lipinski definition) is 2. The van der Waals surface area contributed by atoms with Crippen LogP contribution in [0, 0.1) is 12.3 Å². The maximum atomic E-state index is 8.33. The van der Waals surface area contributed by atoms with Crippen molar-refractivity contribution in [2.75, 3.05) is 0 Å². The SMILES string of the molecule is CC1=CCCC(c2ccc(C=NC(=N)c3ccc4c(c3)CCC4N)cc2C)=C1. The third-order valence-electron chi connectivity index (χ3n) is 5.76. The van der Waals surface area contributed by atoms with Crippen molar-refractivity contribution in [2.24, 2.45) is 10.7 Å². The molecule has 3 nitrogen and oxygen atoms in total. The number of nitrogens with one attached hydrogen (secondary N) is 1. The van der Waals surface area contributed by atoms with Gasteiger partial charge in [0.25, 0.3) is 0 Å². The molecule has 3 N–H and O–H groups in total. The van der Waals surface area contributed by atoms with E-state index in [0.29, 0.717) is 5.84 Å². The Kier molecular flexibility index (Phi) is 5.10. The first-order valence-electron chi connectivity index (χ1n) is 10.0. The highest BCUT2D eigenvalue weighted by Gasteiger charge is 2.19. The highest BCUT2D eigenvalue weighted by molar-refractivity contribution is 6.03. The standard InChI is InChI=1S/C25H27N3/c1-16-4-3-5-19(12-16)22-9-6-18(13-17(22)2)15-28-25(27)21-7-10-23-20(14-21)8-11-24(23)26/h4,6-7,9-10,12-15,24,27H,3,5,8,11,26H2,1-2H3. The number of hydrogen-bond donors (Lipinski definition) is 2. The van der Waals surface area contributed by atoms with E-state index < -0.39 is 0 Å². The molecule has 0 heterocycles. The van der Waals surface area contributed by atoms with Gasteiger partial charge in [0.15, 0.2) is 5.84 Å². The van der Waals surface area contributed by atoms with Crippen molar-refractivity contribution in [1.29, 1.82) is 5.41 Å². The number of rotatable bonds is 3. The van der Waals surface area contributed by atoms with Gasteiger partial charge in [-0.1, -0.05) is 42.0 Å². The van der Waals surface area contributed by atoms with Crippen LogP contribution in [-0.4, -0.2) is 12.1 Å². The lowest BCUT2D eigenvalue weighted by Crippen LogP contribution is -2.05. The zero-order valence-corrected chi connectivity index (χ0v) is 16.6. The Morgan fingerprint density at radius 2 is 2.00 bits per heavy atom. The van der Waals surface area contributed by atoms with Gasteiger partial charge < -0.3 is 5.73 Å². The van der Waals surface area contributed by atoms with Crippen LogP contribution in [0.3, 0.4) is 0 Å². The normalized spacial score (nSPS) is 18.8. The summed E-state index contributed by atoms with van der Waals surface area (Å²) >= 11 is 0. The van der Waals surface area contributed by atoms with Gasteiger partial charge in [-0.2, -0.15) is 0 Å². The lowest BCUT2D eigenvalue weighted by molar-refractivity contribution is 0.713. The fraction of sp³-hybridized carbons (Fsp3) is 0.280. The third-order valence-corrected chi connectivity index (χ3v) is 5.76. The summed E-state index contributed by atoms with van der Waals surface area (Å²) in [5.41, 5.74) is 15.8. The predicted octanol–water partition coefficient (Wildman–Crippen LogP) is 5.51. The molecule has 28 heavy (non-hydrogen) atoms. The van der Waals surface area contributed by atoms with Crippen molar-refractivity contribution in [2.45, 2.75) is 45.6 Å². The van der Waals surface area contributed by atoms with Crippen molar-refractivity contribution < 1.29 is 0 Å². The van der Waals surface area contributed by atoms with Gasteiger partial charge in [0.05, 0.1) is 0 Å². The second-order valence-corrected chi connectivity index (χ2v) is 7.90. The number of nitrogens with two attached hydrogens (primary N) is 1. The Bertz CT molecular complexity index is 1020. The van der Waals surface area contributed by atoms with E-state index in [1.54, 1.807) is 6.21 Å². The molecule has 0 saturated carbocycles. The third kappa shape index (κ3) is 3.76. The smallest absolute Gasteiger partial charge is 0.151 e. The lowest BCUT2D eigenvalue weighted by Gasteiger charge is -2.14. The summed E-state index contributed by atoms with van der Waals surface area (Å²) in [5.74, 6) is 0.292. The van der Waals surface area contributed by atoms with Gasteiger partial charge in [0.1, 0.15) is 0 Å². The minimum absolute atomic E-state index is 0.141. The summed E-state index contributed by atoms with van der Waals surface area (Å²) in [6.07, 6.45) is 10.6. The molecule has 0 aromatic heterocycles. The van der Waals surface area contributed by atoms with E-state index >= 15 is 0 Å². The quantitative estimate of drug-likeness (QED) is 0.544. The molecule has 0 radical (unpaired) electrons. The van der Waals surface area contributed by atoms with Gasteiger partial charge in [-0.3, -0.25) is 5.41 Å². The van der Waals surface area contributed by atoms with Crippen LogP contribution < -0.4 is 5.73 Å². The fourth-order valence-electron chi connectivity index (χ4n) is 4.21. The molecule has 0 saturated heterocycles. The minimum atomic E-state index is 0.141. The molecule has 3 heteroatoms. The van der Waals surface area contributed by atoms with Crippen molar-refractivity contribution in [3.63, 3.8) is 0 Å². The first kappa shape index (κ1) is 18.6. The van der Waals surface area contributed by atoms with Crippen molar-refractivity contribution >= 4 is 17.6 Å². The summed E-state index contributed by atoms with van der Waals surface area (Å²) < 4.78 is 0. The number of nitrogens with zero attached hydrogens (tertiary/aromatic N) is 1. The molecule has 142 valence electrons. The van der Waals surface area contributed by atoms with Gasteiger partial charge >= 0.3 is 0 Å². The number of fused-ring (bicyclic) bond motifs is 1. The van der Waals surface area contributed by atoms with Crippen LogP contribution in [0.1, 0.15) is 65.6 Å². The number of aryl methyl sites for hydroxylation is 2. The second kappa shape index (κ2) is 7.69. The average Bonchev–Trinajstić information content (AvgIpc) is 3.06. The number of amidine groups is 1. The van der Waals surface area contributed by atoms with E-state index in [1.165, 1.54) is 33.4 Å². The molecular weight excluding hydrogens is 342 g/mol. The first-order chi connectivity index (χ1) is 13.5. The zero-order valence-electron chi connectivity index (χ0n) is 16.6. The number of benzene rings is 2. The fourth-order valence-corrected chi connectivity index (χ4v) is 4.21. The number of allylic oxidation sites excluding steroid dienone is 4. The van der Waals surface area contributed by atoms with Gasteiger partial charge in [0.2, 0.25) is 0 Å². The molecule has 0 fully saturated rings. The lowest BCUT2D eigenvalue weighted by atomic mass is 9.91. The Balaban J connectivity index is 1.51. The summed E-state index contributed by atoms with van der Waals surface area (Å²) in [6.45, 7) is 4.31. The van der Waals surface area contributed by atoms with E-state index in [0.717, 1.165) is 36.8 Å².